The monoisotopic (exact) mass is 400 g/mol. The van der Waals surface area contributed by atoms with Crippen LogP contribution in [0.1, 0.15) is 15.9 Å². The third-order valence-electron chi connectivity index (χ3n) is 3.93. The summed E-state index contributed by atoms with van der Waals surface area (Å²) in [5.74, 6) is -13.9. The summed E-state index contributed by atoms with van der Waals surface area (Å²) in [6.45, 7) is 1.06. The Kier molecular flexibility index (Phi) is 5.50. The van der Waals surface area contributed by atoms with Gasteiger partial charge in [-0.2, -0.15) is 8.78 Å². The Morgan fingerprint density at radius 1 is 1.07 bits per heavy atom. The molecule has 0 fully saturated rings. The fourth-order valence-electron chi connectivity index (χ4n) is 2.52. The Morgan fingerprint density at radius 2 is 1.71 bits per heavy atom. The smallest absolute Gasteiger partial charge is 0.343 e. The highest BCUT2D eigenvalue weighted by atomic mass is 19.2. The van der Waals surface area contributed by atoms with Crippen molar-refractivity contribution in [3.05, 3.63) is 70.7 Å². The fraction of sp³-hybridized carbons (Fsp3) is 0.167. The molecule has 10 heteroatoms. The molecule has 0 unspecified atom stereocenters. The van der Waals surface area contributed by atoms with E-state index in [0.717, 1.165) is 0 Å². The van der Waals surface area contributed by atoms with Gasteiger partial charge in [0.05, 0.1) is 19.2 Å². The summed E-state index contributed by atoms with van der Waals surface area (Å²) in [6, 6.07) is 4.04. The molecule has 0 aromatic heterocycles. The maximum atomic E-state index is 13.7. The van der Waals surface area contributed by atoms with Crippen LogP contribution in [0.25, 0.3) is 0 Å². The predicted octanol–water partition coefficient (Wildman–Crippen LogP) is 3.44. The predicted molar refractivity (Wildman–Crippen MR) is 86.9 cm³/mol. The first-order valence-corrected chi connectivity index (χ1v) is 7.90. The molecule has 5 nitrogen and oxygen atoms in total. The highest BCUT2D eigenvalue weighted by molar-refractivity contribution is 5.91. The fourth-order valence-corrected chi connectivity index (χ4v) is 2.52. The van der Waals surface area contributed by atoms with Crippen molar-refractivity contribution in [3.8, 4) is 11.5 Å². The highest BCUT2D eigenvalue weighted by Crippen LogP contribution is 2.30. The zero-order chi connectivity index (χ0) is 20.4. The van der Waals surface area contributed by atoms with Crippen molar-refractivity contribution in [2.75, 3.05) is 13.7 Å². The lowest BCUT2D eigenvalue weighted by Crippen LogP contribution is -2.28. The van der Waals surface area contributed by atoms with Crippen molar-refractivity contribution in [3.63, 3.8) is 0 Å². The number of hydrogen-bond acceptors (Lipinski definition) is 5. The molecule has 0 atom stereocenters. The Labute approximate surface area is 155 Å². The Hall–Kier alpha value is -3.14. The Balaban J connectivity index is 1.86. The van der Waals surface area contributed by atoms with E-state index in [2.05, 4.69) is 10.2 Å². The van der Waals surface area contributed by atoms with Crippen LogP contribution in [0.3, 0.4) is 0 Å². The zero-order valence-corrected chi connectivity index (χ0v) is 14.4. The molecule has 148 valence electrons. The van der Waals surface area contributed by atoms with E-state index in [4.69, 9.17) is 4.74 Å². The number of halogens is 5. The van der Waals surface area contributed by atoms with Crippen LogP contribution < -0.4 is 14.9 Å². The molecule has 2 aromatic carbocycles. The van der Waals surface area contributed by atoms with Crippen LogP contribution in [0.2, 0.25) is 0 Å². The van der Waals surface area contributed by atoms with Gasteiger partial charge in [-0.3, -0.25) is 0 Å². The molecule has 1 aliphatic heterocycles. The molecular formula is C18H13F5N2O3. The molecule has 0 aliphatic carbocycles. The van der Waals surface area contributed by atoms with Gasteiger partial charge >= 0.3 is 5.97 Å². The highest BCUT2D eigenvalue weighted by Gasteiger charge is 2.29. The van der Waals surface area contributed by atoms with Crippen molar-refractivity contribution in [2.24, 2.45) is 0 Å². The van der Waals surface area contributed by atoms with E-state index in [1.54, 1.807) is 5.01 Å². The maximum absolute atomic E-state index is 13.7. The summed E-state index contributed by atoms with van der Waals surface area (Å²) >= 11 is 0. The second-order valence-electron chi connectivity index (χ2n) is 5.69. The number of carbonyl (C=O) groups is 1. The third-order valence-corrected chi connectivity index (χ3v) is 3.93. The minimum absolute atomic E-state index is 0.200. The number of hydrazine groups is 1. The molecule has 3 rings (SSSR count). The van der Waals surface area contributed by atoms with Gasteiger partial charge in [-0.15, -0.1) is 0 Å². The second kappa shape index (κ2) is 7.85. The van der Waals surface area contributed by atoms with E-state index < -0.39 is 40.8 Å². The summed E-state index contributed by atoms with van der Waals surface area (Å²) in [5, 5.41) is 1.77. The lowest BCUT2D eigenvalue weighted by Gasteiger charge is -2.18. The number of carbonyl (C=O) groups excluding carboxylic acids is 1. The number of nitrogens with one attached hydrogen (secondary N) is 1. The molecule has 0 amide bonds. The van der Waals surface area contributed by atoms with E-state index in [0.29, 0.717) is 18.7 Å². The summed E-state index contributed by atoms with van der Waals surface area (Å²) in [5.41, 5.74) is 3.52. The molecule has 28 heavy (non-hydrogen) atoms. The SMILES string of the molecule is COc1cc(C(=O)Oc2c(F)c(F)c(F)c(F)c2F)ccc1CN1C=CCN1. The lowest BCUT2D eigenvalue weighted by molar-refractivity contribution is 0.0715. The zero-order valence-electron chi connectivity index (χ0n) is 14.4. The number of hydrogen-bond donors (Lipinski definition) is 1. The average molecular weight is 400 g/mol. The average Bonchev–Trinajstić information content (AvgIpc) is 3.21. The molecule has 0 radical (unpaired) electrons. The van der Waals surface area contributed by atoms with Gasteiger partial charge in [0, 0.05) is 18.3 Å². The number of nitrogens with zero attached hydrogens (tertiary/aromatic N) is 1. The van der Waals surface area contributed by atoms with E-state index >= 15 is 0 Å². The van der Waals surface area contributed by atoms with E-state index in [-0.39, 0.29) is 11.3 Å². The molecule has 0 saturated heterocycles. The van der Waals surface area contributed by atoms with E-state index in [1.165, 1.54) is 25.3 Å². The van der Waals surface area contributed by atoms with Crippen molar-refractivity contribution in [1.82, 2.24) is 10.4 Å². The standard InChI is InChI=1S/C18H13F5N2O3/c1-27-11-7-9(3-4-10(11)8-25-6-2-5-24-25)18(26)28-17-15(22)13(20)12(19)14(21)16(17)23/h2-4,6-7,24H,5,8H2,1H3. The second-order valence-corrected chi connectivity index (χ2v) is 5.69. The number of rotatable bonds is 5. The third kappa shape index (κ3) is 3.63. The minimum atomic E-state index is -2.34. The quantitative estimate of drug-likeness (QED) is 0.274. The van der Waals surface area contributed by atoms with Gasteiger partial charge in [0.15, 0.2) is 0 Å². The molecular weight excluding hydrogens is 387 g/mol. The van der Waals surface area contributed by atoms with E-state index in [9.17, 15) is 26.7 Å². The first-order valence-electron chi connectivity index (χ1n) is 7.90. The minimum Gasteiger partial charge on any atom is -0.496 e. The van der Waals surface area contributed by atoms with Crippen LogP contribution in [0.5, 0.6) is 11.5 Å². The van der Waals surface area contributed by atoms with Crippen LogP contribution in [-0.4, -0.2) is 24.6 Å². The number of ether oxygens (including phenoxy) is 2. The van der Waals surface area contributed by atoms with Gasteiger partial charge in [0.1, 0.15) is 5.75 Å². The first kappa shape index (κ1) is 19.6. The van der Waals surface area contributed by atoms with Crippen molar-refractivity contribution in [2.45, 2.75) is 6.54 Å². The number of esters is 1. The van der Waals surface area contributed by atoms with Crippen LogP contribution in [0, 0.1) is 29.1 Å². The van der Waals surface area contributed by atoms with Crippen LogP contribution >= 0.6 is 0 Å². The molecule has 0 spiro atoms. The summed E-state index contributed by atoms with van der Waals surface area (Å²) in [7, 11) is 1.35. The van der Waals surface area contributed by atoms with Crippen LogP contribution in [-0.2, 0) is 6.54 Å². The summed E-state index contributed by atoms with van der Waals surface area (Å²) in [4.78, 5) is 12.2. The number of benzene rings is 2. The normalized spacial score (nSPS) is 13.1. The summed E-state index contributed by atoms with van der Waals surface area (Å²) in [6.07, 6.45) is 3.70. The van der Waals surface area contributed by atoms with Gasteiger partial charge in [-0.25, -0.2) is 23.4 Å². The van der Waals surface area contributed by atoms with Crippen LogP contribution in [0.4, 0.5) is 22.0 Å². The largest absolute Gasteiger partial charge is 0.496 e. The molecule has 1 heterocycles. The topological polar surface area (TPSA) is 50.8 Å². The lowest BCUT2D eigenvalue weighted by atomic mass is 10.1. The molecule has 0 bridgehead atoms. The van der Waals surface area contributed by atoms with Gasteiger partial charge in [0.2, 0.25) is 34.8 Å². The van der Waals surface area contributed by atoms with Gasteiger partial charge in [-0.05, 0) is 12.1 Å². The molecule has 1 N–H and O–H groups in total. The Morgan fingerprint density at radius 3 is 2.29 bits per heavy atom. The van der Waals surface area contributed by atoms with Gasteiger partial charge < -0.3 is 14.5 Å². The van der Waals surface area contributed by atoms with E-state index in [1.807, 2.05) is 12.3 Å². The first-order chi connectivity index (χ1) is 13.3. The molecule has 0 saturated carbocycles. The van der Waals surface area contributed by atoms with Crippen molar-refractivity contribution >= 4 is 5.97 Å². The van der Waals surface area contributed by atoms with Gasteiger partial charge in [0.25, 0.3) is 0 Å². The van der Waals surface area contributed by atoms with Crippen LogP contribution in [0.15, 0.2) is 30.5 Å². The Bertz CT molecular complexity index is 936. The molecule has 2 aromatic rings. The maximum Gasteiger partial charge on any atom is 0.343 e. The van der Waals surface area contributed by atoms with Crippen molar-refractivity contribution in [1.29, 1.82) is 0 Å². The van der Waals surface area contributed by atoms with Gasteiger partial charge in [-0.1, -0.05) is 12.1 Å². The number of methoxy groups -OCH3 is 1. The molecule has 1 aliphatic rings. The van der Waals surface area contributed by atoms with Crippen molar-refractivity contribution < 1.29 is 36.2 Å². The summed E-state index contributed by atoms with van der Waals surface area (Å²) < 4.78 is 76.5.